The molecule has 0 atom stereocenters. The average molecular weight is 343 g/mol. The van der Waals surface area contributed by atoms with Crippen molar-refractivity contribution in [1.29, 1.82) is 0 Å². The van der Waals surface area contributed by atoms with Crippen LogP contribution in [-0.4, -0.2) is 35.7 Å². The number of H-pyrrole nitrogens is 1. The van der Waals surface area contributed by atoms with Crippen LogP contribution in [0.25, 0.3) is 22.4 Å². The molecule has 0 aliphatic rings. The van der Waals surface area contributed by atoms with E-state index in [1.165, 1.54) is 6.07 Å². The van der Waals surface area contributed by atoms with Gasteiger partial charge < -0.3 is 19.2 Å². The van der Waals surface area contributed by atoms with E-state index in [9.17, 15) is 10.1 Å². The molecule has 3 rings (SSSR count). The van der Waals surface area contributed by atoms with Crippen molar-refractivity contribution in [2.45, 2.75) is 6.92 Å². The monoisotopic (exact) mass is 343 g/mol. The summed E-state index contributed by atoms with van der Waals surface area (Å²) in [4.78, 5) is 18.4. The van der Waals surface area contributed by atoms with Gasteiger partial charge in [-0.2, -0.15) is 0 Å². The van der Waals surface area contributed by atoms with Gasteiger partial charge in [-0.25, -0.2) is 4.98 Å². The number of nitrogens with one attached hydrogen (secondary N) is 1. The van der Waals surface area contributed by atoms with Crippen LogP contribution in [0, 0.1) is 10.1 Å². The highest BCUT2D eigenvalue weighted by Gasteiger charge is 2.18. The first-order chi connectivity index (χ1) is 12.1. The summed E-state index contributed by atoms with van der Waals surface area (Å²) in [5.74, 6) is 1.88. The van der Waals surface area contributed by atoms with Gasteiger partial charge in [-0.3, -0.25) is 10.1 Å². The summed E-state index contributed by atoms with van der Waals surface area (Å²) in [5.41, 5.74) is 1.90. The molecule has 1 heterocycles. The maximum Gasteiger partial charge on any atom is 0.311 e. The van der Waals surface area contributed by atoms with E-state index >= 15 is 0 Å². The number of hydrogen-bond donors (Lipinski definition) is 1. The Morgan fingerprint density at radius 2 is 1.84 bits per heavy atom. The van der Waals surface area contributed by atoms with Gasteiger partial charge in [0.2, 0.25) is 0 Å². The normalized spacial score (nSPS) is 10.7. The summed E-state index contributed by atoms with van der Waals surface area (Å²) in [6.07, 6.45) is 0. The van der Waals surface area contributed by atoms with Crippen molar-refractivity contribution < 1.29 is 19.1 Å². The molecule has 0 saturated carbocycles. The predicted molar refractivity (Wildman–Crippen MR) is 92.5 cm³/mol. The smallest absolute Gasteiger partial charge is 0.311 e. The van der Waals surface area contributed by atoms with E-state index in [0.717, 1.165) is 5.52 Å². The number of fused-ring (bicyclic) bond motifs is 1. The lowest BCUT2D eigenvalue weighted by Crippen LogP contribution is -1.98. The summed E-state index contributed by atoms with van der Waals surface area (Å²) >= 11 is 0. The van der Waals surface area contributed by atoms with Crippen molar-refractivity contribution in [2.24, 2.45) is 0 Å². The van der Waals surface area contributed by atoms with E-state index in [-0.39, 0.29) is 11.4 Å². The number of methoxy groups -OCH3 is 2. The van der Waals surface area contributed by atoms with Crippen LogP contribution in [0.3, 0.4) is 0 Å². The van der Waals surface area contributed by atoms with E-state index in [2.05, 4.69) is 9.97 Å². The summed E-state index contributed by atoms with van der Waals surface area (Å²) in [7, 11) is 3.10. The van der Waals surface area contributed by atoms with Gasteiger partial charge in [-0.05, 0) is 19.1 Å². The molecule has 0 aliphatic carbocycles. The average Bonchev–Trinajstić information content (AvgIpc) is 3.03. The number of nitrogens with zero attached hydrogens (tertiary/aromatic N) is 2. The standard InChI is InChI=1S/C17H17N3O5/c1-4-25-14-6-5-10(7-13(14)20(21)22)17-18-11-8-15(23-2)16(24-3)9-12(11)19-17/h5-9H,4H2,1-3H3,(H,18,19). The second-order valence-electron chi connectivity index (χ2n) is 5.18. The van der Waals surface area contributed by atoms with Crippen molar-refractivity contribution in [2.75, 3.05) is 20.8 Å². The number of imidazole rings is 1. The number of hydrogen-bond acceptors (Lipinski definition) is 6. The lowest BCUT2D eigenvalue weighted by atomic mass is 10.2. The van der Waals surface area contributed by atoms with Gasteiger partial charge in [0.15, 0.2) is 17.2 Å². The Morgan fingerprint density at radius 1 is 1.12 bits per heavy atom. The number of aromatic nitrogens is 2. The first kappa shape index (κ1) is 16.6. The Balaban J connectivity index is 2.09. The summed E-state index contributed by atoms with van der Waals surface area (Å²) in [6, 6.07) is 8.26. The second-order valence-corrected chi connectivity index (χ2v) is 5.18. The predicted octanol–water partition coefficient (Wildman–Crippen LogP) is 3.55. The van der Waals surface area contributed by atoms with Crippen LogP contribution >= 0.6 is 0 Å². The number of nitro benzene ring substituents is 1. The van der Waals surface area contributed by atoms with E-state index in [0.29, 0.717) is 35.0 Å². The molecule has 1 aromatic heterocycles. The second kappa shape index (κ2) is 6.68. The highest BCUT2D eigenvalue weighted by atomic mass is 16.6. The van der Waals surface area contributed by atoms with E-state index in [1.807, 2.05) is 0 Å². The molecular weight excluding hydrogens is 326 g/mol. The Morgan fingerprint density at radius 3 is 2.48 bits per heavy atom. The van der Waals surface area contributed by atoms with Crippen LogP contribution in [0.5, 0.6) is 17.2 Å². The van der Waals surface area contributed by atoms with Gasteiger partial charge in [0, 0.05) is 23.8 Å². The molecule has 8 nitrogen and oxygen atoms in total. The minimum atomic E-state index is -0.469. The fraction of sp³-hybridized carbons (Fsp3) is 0.235. The van der Waals surface area contributed by atoms with Gasteiger partial charge in [-0.1, -0.05) is 0 Å². The van der Waals surface area contributed by atoms with Crippen LogP contribution in [0.2, 0.25) is 0 Å². The van der Waals surface area contributed by atoms with Crippen LogP contribution in [0.15, 0.2) is 30.3 Å². The molecule has 2 aromatic carbocycles. The molecular formula is C17H17N3O5. The lowest BCUT2D eigenvalue weighted by Gasteiger charge is -2.06. The van der Waals surface area contributed by atoms with Gasteiger partial charge in [0.25, 0.3) is 0 Å². The molecule has 0 saturated heterocycles. The Bertz CT molecular complexity index is 894. The maximum absolute atomic E-state index is 11.3. The molecule has 3 aromatic rings. The van der Waals surface area contributed by atoms with Crippen molar-refractivity contribution in [3.8, 4) is 28.6 Å². The molecule has 0 amide bonds. The van der Waals surface area contributed by atoms with Crippen molar-refractivity contribution in [3.63, 3.8) is 0 Å². The van der Waals surface area contributed by atoms with Crippen LogP contribution in [0.4, 0.5) is 5.69 Å². The van der Waals surface area contributed by atoms with Crippen LogP contribution in [-0.2, 0) is 0 Å². The highest BCUT2D eigenvalue weighted by Crippen LogP contribution is 2.35. The fourth-order valence-corrected chi connectivity index (χ4v) is 2.56. The molecule has 0 fully saturated rings. The number of rotatable bonds is 6. The van der Waals surface area contributed by atoms with E-state index in [1.54, 1.807) is 45.4 Å². The van der Waals surface area contributed by atoms with E-state index < -0.39 is 4.92 Å². The van der Waals surface area contributed by atoms with Crippen molar-refractivity contribution >= 4 is 16.7 Å². The first-order valence-corrected chi connectivity index (χ1v) is 7.60. The Kier molecular flexibility index (Phi) is 4.42. The number of ether oxygens (including phenoxy) is 3. The Hall–Kier alpha value is -3.29. The quantitative estimate of drug-likeness (QED) is 0.543. The SMILES string of the molecule is CCOc1ccc(-c2nc3cc(OC)c(OC)cc3[nH]2)cc1[N+](=O)[O-]. The molecule has 1 N–H and O–H groups in total. The molecule has 0 bridgehead atoms. The third-order valence-electron chi connectivity index (χ3n) is 3.72. The minimum Gasteiger partial charge on any atom is -0.493 e. The number of nitro groups is 1. The minimum absolute atomic E-state index is 0.102. The third-order valence-corrected chi connectivity index (χ3v) is 3.72. The summed E-state index contributed by atoms with van der Waals surface area (Å²) in [5, 5.41) is 11.3. The van der Waals surface area contributed by atoms with Crippen LogP contribution < -0.4 is 14.2 Å². The molecule has 0 aliphatic heterocycles. The molecule has 130 valence electrons. The van der Waals surface area contributed by atoms with Crippen molar-refractivity contribution in [3.05, 3.63) is 40.4 Å². The first-order valence-electron chi connectivity index (χ1n) is 7.60. The zero-order chi connectivity index (χ0) is 18.0. The highest BCUT2D eigenvalue weighted by molar-refractivity contribution is 5.83. The van der Waals surface area contributed by atoms with Gasteiger partial charge in [-0.15, -0.1) is 0 Å². The maximum atomic E-state index is 11.3. The number of aromatic amines is 1. The van der Waals surface area contributed by atoms with Gasteiger partial charge in [0.1, 0.15) is 5.82 Å². The summed E-state index contributed by atoms with van der Waals surface area (Å²) < 4.78 is 15.8. The zero-order valence-electron chi connectivity index (χ0n) is 14.0. The lowest BCUT2D eigenvalue weighted by molar-refractivity contribution is -0.385. The van der Waals surface area contributed by atoms with Gasteiger partial charge >= 0.3 is 5.69 Å². The van der Waals surface area contributed by atoms with Crippen molar-refractivity contribution in [1.82, 2.24) is 9.97 Å². The zero-order valence-corrected chi connectivity index (χ0v) is 14.0. The molecule has 25 heavy (non-hydrogen) atoms. The van der Waals surface area contributed by atoms with Crippen LogP contribution in [0.1, 0.15) is 6.92 Å². The largest absolute Gasteiger partial charge is 0.493 e. The van der Waals surface area contributed by atoms with Gasteiger partial charge in [0.05, 0.1) is 36.8 Å². The third kappa shape index (κ3) is 3.06. The number of benzene rings is 2. The molecule has 8 heteroatoms. The topological polar surface area (TPSA) is 99.5 Å². The van der Waals surface area contributed by atoms with E-state index in [4.69, 9.17) is 14.2 Å². The molecule has 0 unspecified atom stereocenters. The fourth-order valence-electron chi connectivity index (χ4n) is 2.56. The molecule has 0 spiro atoms. The summed E-state index contributed by atoms with van der Waals surface area (Å²) in [6.45, 7) is 2.13. The Labute approximate surface area is 143 Å². The molecule has 0 radical (unpaired) electrons.